The third-order valence-corrected chi connectivity index (χ3v) is 7.08. The van der Waals surface area contributed by atoms with Crippen molar-refractivity contribution in [2.45, 2.75) is 44.6 Å². The molecule has 28 heavy (non-hydrogen) atoms. The second-order valence-corrected chi connectivity index (χ2v) is 9.94. The molecule has 1 heterocycles. The summed E-state index contributed by atoms with van der Waals surface area (Å²) in [7, 11) is -3.07. The molecule has 3 aromatic rings. The molecule has 0 spiro atoms. The maximum atomic E-state index is 12.0. The number of aryl methyl sites for hydroxylation is 3. The van der Waals surface area contributed by atoms with Crippen LogP contribution in [0.5, 0.6) is 0 Å². The number of hydrogen-bond acceptors (Lipinski definition) is 4. The third-order valence-electron chi connectivity index (χ3n) is 4.91. The van der Waals surface area contributed by atoms with E-state index in [1.165, 1.54) is 5.56 Å². The molecule has 0 unspecified atom stereocenters. The van der Waals surface area contributed by atoms with Gasteiger partial charge in [-0.1, -0.05) is 48.5 Å². The van der Waals surface area contributed by atoms with Gasteiger partial charge in [0.05, 0.1) is 28.6 Å². The van der Waals surface area contributed by atoms with Gasteiger partial charge in [-0.25, -0.2) is 8.42 Å². The van der Waals surface area contributed by atoms with E-state index in [2.05, 4.69) is 29.0 Å². The molecule has 146 valence electrons. The van der Waals surface area contributed by atoms with Crippen molar-refractivity contribution in [1.29, 1.82) is 0 Å². The Morgan fingerprint density at radius 2 is 1.54 bits per heavy atom. The van der Waals surface area contributed by atoms with E-state index in [0.717, 1.165) is 40.9 Å². The Hall–Kier alpha value is -2.53. The molecule has 5 heteroatoms. The number of sulfone groups is 1. The van der Waals surface area contributed by atoms with Gasteiger partial charge in [-0.15, -0.1) is 0 Å². The average molecular weight is 395 g/mol. The van der Waals surface area contributed by atoms with Crippen molar-refractivity contribution in [2.75, 3.05) is 0 Å². The van der Waals surface area contributed by atoms with Crippen LogP contribution in [0, 0.1) is 6.92 Å². The van der Waals surface area contributed by atoms with Crippen LogP contribution in [0.15, 0.2) is 60.9 Å². The Kier molecular flexibility index (Phi) is 6.25. The molecule has 0 amide bonds. The number of nitrogens with zero attached hydrogens (tertiary/aromatic N) is 2. The van der Waals surface area contributed by atoms with Crippen molar-refractivity contribution >= 4 is 9.84 Å². The molecule has 0 aliphatic rings. The highest BCUT2D eigenvalue weighted by atomic mass is 32.2. The summed E-state index contributed by atoms with van der Waals surface area (Å²) in [6, 6.07) is 16.0. The van der Waals surface area contributed by atoms with E-state index in [4.69, 9.17) is 0 Å². The van der Waals surface area contributed by atoms with Crippen LogP contribution in [0.1, 0.15) is 36.2 Å². The first-order valence-electron chi connectivity index (χ1n) is 9.51. The number of hydrogen-bond donors (Lipinski definition) is 0. The van der Waals surface area contributed by atoms with Crippen LogP contribution < -0.4 is 0 Å². The Labute approximate surface area is 167 Å². The second kappa shape index (κ2) is 8.65. The zero-order valence-electron chi connectivity index (χ0n) is 16.6. The average Bonchev–Trinajstić information content (AvgIpc) is 2.68. The molecule has 0 aliphatic carbocycles. The number of rotatable bonds is 7. The largest absolute Gasteiger partial charge is 0.257 e. The predicted octanol–water partition coefficient (Wildman–Crippen LogP) is 4.56. The minimum atomic E-state index is -3.07. The fourth-order valence-electron chi connectivity index (χ4n) is 2.96. The van der Waals surface area contributed by atoms with Gasteiger partial charge in [0.2, 0.25) is 0 Å². The van der Waals surface area contributed by atoms with Gasteiger partial charge in [0.25, 0.3) is 0 Å². The summed E-state index contributed by atoms with van der Waals surface area (Å²) in [5.41, 5.74) is 6.12. The topological polar surface area (TPSA) is 59.9 Å². The van der Waals surface area contributed by atoms with Crippen LogP contribution in [-0.2, 0) is 28.4 Å². The van der Waals surface area contributed by atoms with Crippen LogP contribution in [0.3, 0.4) is 0 Å². The van der Waals surface area contributed by atoms with Gasteiger partial charge >= 0.3 is 0 Å². The van der Waals surface area contributed by atoms with E-state index >= 15 is 0 Å². The normalized spacial score (nSPS) is 11.7. The van der Waals surface area contributed by atoms with E-state index in [1.807, 2.05) is 48.8 Å². The number of benzene rings is 2. The monoisotopic (exact) mass is 394 g/mol. The van der Waals surface area contributed by atoms with E-state index in [-0.39, 0.29) is 11.0 Å². The molecule has 2 aromatic carbocycles. The SMILES string of the molecule is Cc1ccccc1-c1cnc(CCc2ccc(CS(=O)(=O)C(C)C)cc2)cn1. The predicted molar refractivity (Wildman–Crippen MR) is 114 cm³/mol. The first-order valence-corrected chi connectivity index (χ1v) is 11.2. The van der Waals surface area contributed by atoms with Gasteiger partial charge in [-0.2, -0.15) is 0 Å². The summed E-state index contributed by atoms with van der Waals surface area (Å²) in [6.45, 7) is 5.51. The molecule has 0 fully saturated rings. The highest BCUT2D eigenvalue weighted by Crippen LogP contribution is 2.20. The van der Waals surface area contributed by atoms with Crippen molar-refractivity contribution in [3.05, 3.63) is 83.3 Å². The van der Waals surface area contributed by atoms with Crippen LogP contribution in [0.2, 0.25) is 0 Å². The first kappa shape index (κ1) is 20.2. The summed E-state index contributed by atoms with van der Waals surface area (Å²) < 4.78 is 24.1. The Balaban J connectivity index is 1.61. The lowest BCUT2D eigenvalue weighted by atomic mass is 10.1. The summed E-state index contributed by atoms with van der Waals surface area (Å²) in [5, 5.41) is -0.353. The maximum absolute atomic E-state index is 12.0. The van der Waals surface area contributed by atoms with Crippen LogP contribution in [0.25, 0.3) is 11.3 Å². The quantitative estimate of drug-likeness (QED) is 0.589. The lowest BCUT2D eigenvalue weighted by Crippen LogP contribution is -2.15. The maximum Gasteiger partial charge on any atom is 0.156 e. The Morgan fingerprint density at radius 3 is 2.14 bits per heavy atom. The van der Waals surface area contributed by atoms with E-state index < -0.39 is 9.84 Å². The zero-order valence-corrected chi connectivity index (χ0v) is 17.4. The van der Waals surface area contributed by atoms with Gasteiger partial charge in [-0.05, 0) is 50.3 Å². The molecule has 0 saturated heterocycles. The molecule has 3 rings (SSSR count). The lowest BCUT2D eigenvalue weighted by molar-refractivity contribution is 0.586. The molecule has 0 atom stereocenters. The molecule has 0 aliphatic heterocycles. The lowest BCUT2D eigenvalue weighted by Gasteiger charge is -2.09. The standard InChI is InChI=1S/C23H26N2O2S/c1-17(2)28(26,27)16-20-10-8-19(9-11-20)12-13-21-14-25-23(15-24-21)22-7-5-4-6-18(22)3/h4-11,14-15,17H,12-13,16H2,1-3H3. The fraction of sp³-hybridized carbons (Fsp3) is 0.304. The molecule has 0 bridgehead atoms. The summed E-state index contributed by atoms with van der Waals surface area (Å²) in [6.07, 6.45) is 5.31. The minimum Gasteiger partial charge on any atom is -0.257 e. The first-order chi connectivity index (χ1) is 13.3. The van der Waals surface area contributed by atoms with Gasteiger partial charge in [0.1, 0.15) is 0 Å². The smallest absolute Gasteiger partial charge is 0.156 e. The van der Waals surface area contributed by atoms with Crippen molar-refractivity contribution < 1.29 is 8.42 Å². The molecular weight excluding hydrogens is 368 g/mol. The highest BCUT2D eigenvalue weighted by molar-refractivity contribution is 7.91. The minimum absolute atomic E-state index is 0.0940. The second-order valence-electron chi connectivity index (χ2n) is 7.38. The van der Waals surface area contributed by atoms with Crippen LogP contribution in [-0.4, -0.2) is 23.6 Å². The summed E-state index contributed by atoms with van der Waals surface area (Å²) in [4.78, 5) is 9.12. The molecule has 1 aromatic heterocycles. The van der Waals surface area contributed by atoms with Crippen molar-refractivity contribution in [1.82, 2.24) is 9.97 Å². The third kappa shape index (κ3) is 5.04. The Morgan fingerprint density at radius 1 is 0.857 bits per heavy atom. The van der Waals surface area contributed by atoms with Crippen molar-refractivity contribution in [3.8, 4) is 11.3 Å². The van der Waals surface area contributed by atoms with Crippen molar-refractivity contribution in [2.24, 2.45) is 0 Å². The van der Waals surface area contributed by atoms with Crippen LogP contribution >= 0.6 is 0 Å². The zero-order chi connectivity index (χ0) is 20.1. The van der Waals surface area contributed by atoms with E-state index in [1.54, 1.807) is 13.8 Å². The van der Waals surface area contributed by atoms with Gasteiger partial charge in [0, 0.05) is 11.8 Å². The Bertz CT molecular complexity index is 1020. The van der Waals surface area contributed by atoms with E-state index in [0.29, 0.717) is 0 Å². The molecule has 4 nitrogen and oxygen atoms in total. The molecule has 0 N–H and O–H groups in total. The van der Waals surface area contributed by atoms with E-state index in [9.17, 15) is 8.42 Å². The summed E-state index contributed by atoms with van der Waals surface area (Å²) >= 11 is 0. The summed E-state index contributed by atoms with van der Waals surface area (Å²) in [5.74, 6) is 0.0940. The molecule has 0 radical (unpaired) electrons. The molecular formula is C23H26N2O2S. The van der Waals surface area contributed by atoms with Crippen LogP contribution in [0.4, 0.5) is 0 Å². The fourth-order valence-corrected chi connectivity index (χ4v) is 3.95. The number of aromatic nitrogens is 2. The van der Waals surface area contributed by atoms with Gasteiger partial charge < -0.3 is 0 Å². The van der Waals surface area contributed by atoms with Crippen molar-refractivity contribution in [3.63, 3.8) is 0 Å². The van der Waals surface area contributed by atoms with Gasteiger partial charge in [0.15, 0.2) is 9.84 Å². The molecule has 0 saturated carbocycles. The van der Waals surface area contributed by atoms with Gasteiger partial charge in [-0.3, -0.25) is 9.97 Å². The highest BCUT2D eigenvalue weighted by Gasteiger charge is 2.16.